The zero-order valence-corrected chi connectivity index (χ0v) is 17.3. The number of rotatable bonds is 12. The van der Waals surface area contributed by atoms with Crippen molar-refractivity contribution in [3.05, 3.63) is 40.3 Å². The van der Waals surface area contributed by atoms with Gasteiger partial charge in [0.1, 0.15) is 0 Å². The molecule has 1 aromatic heterocycles. The van der Waals surface area contributed by atoms with Gasteiger partial charge in [-0.3, -0.25) is 15.0 Å². The van der Waals surface area contributed by atoms with Crippen molar-refractivity contribution in [1.82, 2.24) is 9.88 Å². The number of methoxy groups -OCH3 is 1. The minimum Gasteiger partial charge on any atom is -0.467 e. The molecule has 0 saturated heterocycles. The van der Waals surface area contributed by atoms with Crippen LogP contribution >= 0.6 is 0 Å². The van der Waals surface area contributed by atoms with E-state index >= 15 is 0 Å². The summed E-state index contributed by atoms with van der Waals surface area (Å²) in [6.07, 6.45) is 5.72. The highest BCUT2D eigenvalue weighted by Gasteiger charge is 2.26. The molecular weight excluding hydrogens is 358 g/mol. The summed E-state index contributed by atoms with van der Waals surface area (Å²) in [7, 11) is 1.55. The Bertz CT molecular complexity index is 739. The van der Waals surface area contributed by atoms with Gasteiger partial charge in [-0.05, 0) is 31.6 Å². The lowest BCUT2D eigenvalue weighted by atomic mass is 10.1. The molecule has 28 heavy (non-hydrogen) atoms. The first-order valence-corrected chi connectivity index (χ1v) is 10.1. The van der Waals surface area contributed by atoms with E-state index in [1.54, 1.807) is 19.2 Å². The SMILES string of the molecule is CCCCCCC(c1nc(-c2ccc([N+](=O)[O-])cc2)c(OC)o1)N(CC)CC. The Morgan fingerprint density at radius 2 is 1.82 bits per heavy atom. The largest absolute Gasteiger partial charge is 0.467 e. The number of aromatic nitrogens is 1. The van der Waals surface area contributed by atoms with Crippen LogP contribution in [0.3, 0.4) is 0 Å². The van der Waals surface area contributed by atoms with E-state index in [1.807, 2.05) is 0 Å². The molecular formula is C21H31N3O4. The molecule has 1 heterocycles. The van der Waals surface area contributed by atoms with E-state index in [4.69, 9.17) is 14.1 Å². The molecule has 7 nitrogen and oxygen atoms in total. The van der Waals surface area contributed by atoms with Gasteiger partial charge < -0.3 is 9.15 Å². The van der Waals surface area contributed by atoms with Gasteiger partial charge in [-0.2, -0.15) is 0 Å². The summed E-state index contributed by atoms with van der Waals surface area (Å²) in [4.78, 5) is 17.6. The van der Waals surface area contributed by atoms with Gasteiger partial charge in [-0.1, -0.05) is 46.5 Å². The molecule has 0 aliphatic heterocycles. The fourth-order valence-electron chi connectivity index (χ4n) is 3.42. The van der Waals surface area contributed by atoms with E-state index in [2.05, 4.69) is 25.7 Å². The van der Waals surface area contributed by atoms with Crippen LogP contribution in [0.4, 0.5) is 5.69 Å². The van der Waals surface area contributed by atoms with Crippen LogP contribution < -0.4 is 4.74 Å². The lowest BCUT2D eigenvalue weighted by molar-refractivity contribution is -0.384. The molecule has 0 bridgehead atoms. The molecule has 0 fully saturated rings. The quantitative estimate of drug-likeness (QED) is 0.266. The van der Waals surface area contributed by atoms with E-state index in [0.717, 1.165) is 31.5 Å². The van der Waals surface area contributed by atoms with Gasteiger partial charge >= 0.3 is 5.95 Å². The van der Waals surface area contributed by atoms with Crippen LogP contribution in [-0.2, 0) is 0 Å². The number of hydrogen-bond donors (Lipinski definition) is 0. The summed E-state index contributed by atoms with van der Waals surface area (Å²) >= 11 is 0. The molecule has 2 rings (SSSR count). The van der Waals surface area contributed by atoms with Gasteiger partial charge in [0.25, 0.3) is 5.69 Å². The molecule has 0 radical (unpaired) electrons. The number of ether oxygens (including phenoxy) is 1. The first-order valence-electron chi connectivity index (χ1n) is 10.1. The predicted molar refractivity (Wildman–Crippen MR) is 110 cm³/mol. The minimum atomic E-state index is -0.415. The third-order valence-corrected chi connectivity index (χ3v) is 5.02. The molecule has 1 unspecified atom stereocenters. The molecule has 0 N–H and O–H groups in total. The fourth-order valence-corrected chi connectivity index (χ4v) is 3.42. The zero-order valence-electron chi connectivity index (χ0n) is 17.3. The van der Waals surface area contributed by atoms with Gasteiger partial charge in [0, 0.05) is 17.7 Å². The van der Waals surface area contributed by atoms with Gasteiger partial charge in [0.2, 0.25) is 5.89 Å². The van der Waals surface area contributed by atoms with E-state index in [9.17, 15) is 10.1 Å². The van der Waals surface area contributed by atoms with Crippen molar-refractivity contribution in [3.63, 3.8) is 0 Å². The molecule has 154 valence electrons. The maximum atomic E-state index is 10.9. The molecule has 0 aliphatic carbocycles. The van der Waals surface area contributed by atoms with Crippen molar-refractivity contribution in [2.45, 2.75) is 58.9 Å². The highest BCUT2D eigenvalue weighted by Crippen LogP contribution is 2.36. The Morgan fingerprint density at radius 1 is 1.14 bits per heavy atom. The average molecular weight is 389 g/mol. The maximum Gasteiger partial charge on any atom is 0.313 e. The molecule has 0 spiro atoms. The number of nitro benzene ring substituents is 1. The first kappa shape index (κ1) is 21.9. The van der Waals surface area contributed by atoms with Crippen LogP contribution in [-0.4, -0.2) is 35.0 Å². The highest BCUT2D eigenvalue weighted by molar-refractivity contribution is 5.65. The number of non-ortho nitro benzene ring substituents is 1. The number of nitro groups is 1. The third-order valence-electron chi connectivity index (χ3n) is 5.02. The Hall–Kier alpha value is -2.41. The summed E-state index contributed by atoms with van der Waals surface area (Å²) in [5, 5.41) is 10.9. The Morgan fingerprint density at radius 3 is 2.36 bits per heavy atom. The van der Waals surface area contributed by atoms with Crippen LogP contribution in [0.5, 0.6) is 5.95 Å². The van der Waals surface area contributed by atoms with Crippen molar-refractivity contribution >= 4 is 5.69 Å². The second kappa shape index (κ2) is 10.8. The Kier molecular flexibility index (Phi) is 8.44. The van der Waals surface area contributed by atoms with Crippen LogP contribution in [0.1, 0.15) is 64.8 Å². The van der Waals surface area contributed by atoms with Gasteiger partial charge in [-0.25, -0.2) is 4.98 Å². The van der Waals surface area contributed by atoms with Gasteiger partial charge in [0.15, 0.2) is 5.69 Å². The maximum absolute atomic E-state index is 10.9. The van der Waals surface area contributed by atoms with E-state index in [1.165, 1.54) is 31.4 Å². The third kappa shape index (κ3) is 5.32. The smallest absolute Gasteiger partial charge is 0.313 e. The van der Waals surface area contributed by atoms with Crippen molar-refractivity contribution in [2.24, 2.45) is 0 Å². The van der Waals surface area contributed by atoms with Crippen LogP contribution in [0.25, 0.3) is 11.3 Å². The number of benzene rings is 1. The predicted octanol–water partition coefficient (Wildman–Crippen LogP) is 5.61. The lowest BCUT2D eigenvalue weighted by Gasteiger charge is -2.27. The second-order valence-corrected chi connectivity index (χ2v) is 6.78. The van der Waals surface area contributed by atoms with Gasteiger partial charge in [0.05, 0.1) is 18.1 Å². The van der Waals surface area contributed by atoms with Crippen molar-refractivity contribution in [3.8, 4) is 17.2 Å². The number of hydrogen-bond acceptors (Lipinski definition) is 6. The highest BCUT2D eigenvalue weighted by atomic mass is 16.6. The summed E-state index contributed by atoms with van der Waals surface area (Å²) in [6, 6.07) is 6.38. The summed E-state index contributed by atoms with van der Waals surface area (Å²) < 4.78 is 11.4. The van der Waals surface area contributed by atoms with E-state index < -0.39 is 4.92 Å². The molecule has 0 amide bonds. The number of oxazole rings is 1. The summed E-state index contributed by atoms with van der Waals surface area (Å²) in [5.41, 5.74) is 1.36. The minimum absolute atomic E-state index is 0.0448. The Labute approximate surface area is 166 Å². The lowest BCUT2D eigenvalue weighted by Crippen LogP contribution is -2.28. The van der Waals surface area contributed by atoms with Crippen molar-refractivity contribution in [2.75, 3.05) is 20.2 Å². The summed E-state index contributed by atoms with van der Waals surface area (Å²) in [5.74, 6) is 0.986. The van der Waals surface area contributed by atoms with Crippen LogP contribution in [0.2, 0.25) is 0 Å². The molecule has 1 aromatic carbocycles. The summed E-state index contributed by atoms with van der Waals surface area (Å²) in [6.45, 7) is 8.30. The molecule has 2 aromatic rings. The van der Waals surface area contributed by atoms with Crippen molar-refractivity contribution in [1.29, 1.82) is 0 Å². The molecule has 7 heteroatoms. The van der Waals surface area contributed by atoms with Crippen molar-refractivity contribution < 1.29 is 14.1 Å². The van der Waals surface area contributed by atoms with Gasteiger partial charge in [-0.15, -0.1) is 0 Å². The fraction of sp³-hybridized carbons (Fsp3) is 0.571. The topological polar surface area (TPSA) is 81.6 Å². The van der Waals surface area contributed by atoms with E-state index in [-0.39, 0.29) is 11.7 Å². The monoisotopic (exact) mass is 389 g/mol. The second-order valence-electron chi connectivity index (χ2n) is 6.78. The molecule has 0 aliphatic rings. The normalized spacial score (nSPS) is 12.3. The number of unbranched alkanes of at least 4 members (excludes halogenated alkanes) is 3. The van der Waals surface area contributed by atoms with Crippen LogP contribution in [0.15, 0.2) is 28.7 Å². The van der Waals surface area contributed by atoms with Crippen LogP contribution in [0, 0.1) is 10.1 Å². The molecule has 0 saturated carbocycles. The standard InChI is InChI=1S/C21H31N3O4/c1-5-8-9-10-11-18(23(6-2)7-3)20-22-19(21(27-4)28-20)16-12-14-17(15-13-16)24(25)26/h12-15,18H,5-11H2,1-4H3. The molecule has 1 atom stereocenters. The number of nitrogens with zero attached hydrogens (tertiary/aromatic N) is 3. The first-order chi connectivity index (χ1) is 13.5. The zero-order chi connectivity index (χ0) is 20.5. The Balaban J connectivity index is 2.32. The van der Waals surface area contributed by atoms with E-state index in [0.29, 0.717) is 17.5 Å². The average Bonchev–Trinajstić information content (AvgIpc) is 3.14.